The number of rotatable bonds is 5. The third kappa shape index (κ3) is 4.22. The van der Waals surface area contributed by atoms with E-state index in [1.807, 2.05) is 31.2 Å². The van der Waals surface area contributed by atoms with Gasteiger partial charge in [0.2, 0.25) is 0 Å². The molecule has 0 spiro atoms. The number of aromatic nitrogens is 1. The molecule has 0 aliphatic rings. The lowest BCUT2D eigenvalue weighted by molar-refractivity contribution is -0.138. The molecule has 0 unspecified atom stereocenters. The van der Waals surface area contributed by atoms with Gasteiger partial charge in [-0.25, -0.2) is 0 Å². The number of alkyl halides is 3. The van der Waals surface area contributed by atoms with Crippen molar-refractivity contribution < 1.29 is 23.1 Å². The Morgan fingerprint density at radius 3 is 2.36 bits per heavy atom. The monoisotopic (exact) mass is 407 g/mol. The summed E-state index contributed by atoms with van der Waals surface area (Å²) < 4.78 is 41.6. The van der Waals surface area contributed by atoms with Gasteiger partial charge >= 0.3 is 12.1 Å². The van der Waals surface area contributed by atoms with Crippen molar-refractivity contribution in [1.29, 1.82) is 0 Å². The Balaban J connectivity index is 2.18. The zero-order chi connectivity index (χ0) is 20.5. The molecule has 1 heterocycles. The van der Waals surface area contributed by atoms with Crippen LogP contribution in [0.2, 0.25) is 5.02 Å². The summed E-state index contributed by atoms with van der Waals surface area (Å²) in [5, 5.41) is 8.62. The van der Waals surface area contributed by atoms with E-state index < -0.39 is 17.7 Å². The van der Waals surface area contributed by atoms with Gasteiger partial charge in [0.05, 0.1) is 22.7 Å². The molecule has 0 radical (unpaired) electrons. The largest absolute Gasteiger partial charge is 0.481 e. The Kier molecular flexibility index (Phi) is 5.52. The summed E-state index contributed by atoms with van der Waals surface area (Å²) in [5.41, 5.74) is 2.50. The van der Waals surface area contributed by atoms with Crippen molar-refractivity contribution in [2.75, 3.05) is 0 Å². The van der Waals surface area contributed by atoms with Crippen molar-refractivity contribution in [3.05, 3.63) is 76.4 Å². The lowest BCUT2D eigenvalue weighted by Crippen LogP contribution is -2.09. The maximum Gasteiger partial charge on any atom is 0.417 e. The number of carbonyl (C=O) groups is 1. The number of carboxylic acids is 1. The second-order valence-electron chi connectivity index (χ2n) is 6.47. The first-order valence-electron chi connectivity index (χ1n) is 8.53. The summed E-state index contributed by atoms with van der Waals surface area (Å²) in [6, 6.07) is 14.8. The van der Waals surface area contributed by atoms with E-state index in [1.54, 1.807) is 16.7 Å². The number of benzene rings is 2. The minimum atomic E-state index is -4.59. The van der Waals surface area contributed by atoms with Crippen LogP contribution < -0.4 is 0 Å². The molecule has 3 rings (SSSR count). The summed E-state index contributed by atoms with van der Waals surface area (Å²) in [5.74, 6) is -0.975. The second kappa shape index (κ2) is 7.72. The first-order chi connectivity index (χ1) is 13.2. The van der Waals surface area contributed by atoms with Crippen molar-refractivity contribution in [2.24, 2.45) is 0 Å². The van der Waals surface area contributed by atoms with Crippen LogP contribution in [0.25, 0.3) is 16.9 Å². The topological polar surface area (TPSA) is 42.2 Å². The molecule has 0 amide bonds. The number of carboxylic acid groups (broad SMARTS) is 1. The molecule has 0 aliphatic heterocycles. The van der Waals surface area contributed by atoms with E-state index in [0.717, 1.165) is 17.2 Å². The molecule has 3 aromatic rings. The minimum absolute atomic E-state index is 0.128. The van der Waals surface area contributed by atoms with Crippen LogP contribution in [0.4, 0.5) is 13.2 Å². The average molecular weight is 408 g/mol. The normalized spacial score (nSPS) is 11.6. The van der Waals surface area contributed by atoms with E-state index >= 15 is 0 Å². The van der Waals surface area contributed by atoms with E-state index in [1.165, 1.54) is 12.1 Å². The molecule has 0 fully saturated rings. The smallest absolute Gasteiger partial charge is 0.417 e. The van der Waals surface area contributed by atoms with Crippen molar-refractivity contribution in [3.63, 3.8) is 0 Å². The van der Waals surface area contributed by atoms with E-state index in [9.17, 15) is 18.0 Å². The Hall–Kier alpha value is -2.73. The Morgan fingerprint density at radius 2 is 1.75 bits per heavy atom. The fraction of sp³-hybridized carbons (Fsp3) is 0.190. The summed E-state index contributed by atoms with van der Waals surface area (Å²) in [4.78, 5) is 11.0. The Labute approximate surface area is 165 Å². The van der Waals surface area contributed by atoms with Gasteiger partial charge < -0.3 is 9.67 Å². The van der Waals surface area contributed by atoms with Gasteiger partial charge in [-0.05, 0) is 49.2 Å². The van der Waals surface area contributed by atoms with Crippen molar-refractivity contribution >= 4 is 17.6 Å². The Bertz CT molecular complexity index is 1010. The van der Waals surface area contributed by atoms with E-state index in [2.05, 4.69) is 0 Å². The predicted molar refractivity (Wildman–Crippen MR) is 102 cm³/mol. The van der Waals surface area contributed by atoms with Gasteiger partial charge in [0, 0.05) is 11.4 Å². The number of halogens is 4. The molecule has 0 saturated heterocycles. The minimum Gasteiger partial charge on any atom is -0.481 e. The van der Waals surface area contributed by atoms with Crippen molar-refractivity contribution in [2.45, 2.75) is 25.9 Å². The quantitative estimate of drug-likeness (QED) is 0.551. The maximum absolute atomic E-state index is 13.3. The molecule has 0 aliphatic carbocycles. The van der Waals surface area contributed by atoms with Crippen LogP contribution in [-0.2, 0) is 17.4 Å². The standard InChI is InChI=1S/C21H17ClF3NO2/c1-13-2-4-14(5-3-13)19-10-7-15(8-11-20(27)28)26(19)16-6-9-18(22)17(12-16)21(23,24)25/h2-7,9-10,12H,8,11H2,1H3,(H,27,28). The fourth-order valence-corrected chi connectivity index (χ4v) is 3.26. The first kappa shape index (κ1) is 20.0. The van der Waals surface area contributed by atoms with Crippen LogP contribution in [0.1, 0.15) is 23.2 Å². The third-order valence-electron chi connectivity index (χ3n) is 4.42. The van der Waals surface area contributed by atoms with Crippen molar-refractivity contribution in [3.8, 4) is 16.9 Å². The number of aryl methyl sites for hydroxylation is 2. The van der Waals surface area contributed by atoms with Crippen LogP contribution >= 0.6 is 11.6 Å². The summed E-state index contributed by atoms with van der Waals surface area (Å²) >= 11 is 5.75. The van der Waals surface area contributed by atoms with Gasteiger partial charge in [-0.1, -0.05) is 41.4 Å². The van der Waals surface area contributed by atoms with E-state index in [-0.39, 0.29) is 23.6 Å². The number of hydrogen-bond donors (Lipinski definition) is 1. The van der Waals surface area contributed by atoms with Crippen LogP contribution in [-0.4, -0.2) is 15.6 Å². The van der Waals surface area contributed by atoms with Gasteiger partial charge in [0.25, 0.3) is 0 Å². The van der Waals surface area contributed by atoms with Crippen LogP contribution in [0.3, 0.4) is 0 Å². The second-order valence-corrected chi connectivity index (χ2v) is 6.87. The number of nitrogens with zero attached hydrogens (tertiary/aromatic N) is 1. The highest BCUT2D eigenvalue weighted by molar-refractivity contribution is 6.31. The van der Waals surface area contributed by atoms with Crippen molar-refractivity contribution in [1.82, 2.24) is 4.57 Å². The summed E-state index contributed by atoms with van der Waals surface area (Å²) in [7, 11) is 0. The highest BCUT2D eigenvalue weighted by Gasteiger charge is 2.33. The molecular formula is C21H17ClF3NO2. The molecule has 0 bridgehead atoms. The Morgan fingerprint density at radius 1 is 1.07 bits per heavy atom. The van der Waals surface area contributed by atoms with Crippen LogP contribution in [0.5, 0.6) is 0 Å². The maximum atomic E-state index is 13.3. The van der Waals surface area contributed by atoms with Gasteiger partial charge in [-0.3, -0.25) is 4.79 Å². The molecule has 28 heavy (non-hydrogen) atoms. The summed E-state index contributed by atoms with van der Waals surface area (Å²) in [6.07, 6.45) is -4.53. The fourth-order valence-electron chi connectivity index (χ4n) is 3.03. The zero-order valence-electron chi connectivity index (χ0n) is 14.9. The van der Waals surface area contributed by atoms with Gasteiger partial charge in [-0.15, -0.1) is 0 Å². The summed E-state index contributed by atoms with van der Waals surface area (Å²) in [6.45, 7) is 1.94. The molecule has 146 valence electrons. The van der Waals surface area contributed by atoms with E-state index in [4.69, 9.17) is 16.7 Å². The lowest BCUT2D eigenvalue weighted by Gasteiger charge is -2.17. The molecule has 3 nitrogen and oxygen atoms in total. The average Bonchev–Trinajstić information content (AvgIpc) is 3.04. The van der Waals surface area contributed by atoms with Gasteiger partial charge in [-0.2, -0.15) is 13.2 Å². The molecule has 0 atom stereocenters. The number of hydrogen-bond acceptors (Lipinski definition) is 1. The lowest BCUT2D eigenvalue weighted by atomic mass is 10.1. The predicted octanol–water partition coefficient (Wildman–Crippen LogP) is 6.14. The van der Waals surface area contributed by atoms with Gasteiger partial charge in [0.1, 0.15) is 0 Å². The molecular weight excluding hydrogens is 391 g/mol. The molecule has 2 aromatic carbocycles. The van der Waals surface area contributed by atoms with Crippen LogP contribution in [0.15, 0.2) is 54.6 Å². The molecule has 0 saturated carbocycles. The van der Waals surface area contributed by atoms with Gasteiger partial charge in [0.15, 0.2) is 0 Å². The molecule has 1 aromatic heterocycles. The molecule has 7 heteroatoms. The van der Waals surface area contributed by atoms with Crippen LogP contribution in [0, 0.1) is 6.92 Å². The number of aliphatic carboxylic acids is 1. The zero-order valence-corrected chi connectivity index (χ0v) is 15.7. The highest BCUT2D eigenvalue weighted by Crippen LogP contribution is 2.37. The van der Waals surface area contributed by atoms with E-state index in [0.29, 0.717) is 11.4 Å². The molecule has 1 N–H and O–H groups in total. The first-order valence-corrected chi connectivity index (χ1v) is 8.91. The third-order valence-corrected chi connectivity index (χ3v) is 4.75. The SMILES string of the molecule is Cc1ccc(-c2ccc(CCC(=O)O)n2-c2ccc(Cl)c(C(F)(F)F)c2)cc1. The highest BCUT2D eigenvalue weighted by atomic mass is 35.5.